The number of benzene rings is 1. The molecule has 86 valence electrons. The molecule has 3 heteroatoms. The summed E-state index contributed by atoms with van der Waals surface area (Å²) in [5.41, 5.74) is 6.77. The first-order valence-corrected chi connectivity index (χ1v) is 5.90. The van der Waals surface area contributed by atoms with Crippen LogP contribution in [-0.2, 0) is 0 Å². The van der Waals surface area contributed by atoms with Crippen LogP contribution >= 0.6 is 0 Å². The second kappa shape index (κ2) is 5.01. The molecule has 1 aromatic carbocycles. The Bertz CT molecular complexity index is 370. The highest BCUT2D eigenvalue weighted by Crippen LogP contribution is 2.25. The van der Waals surface area contributed by atoms with Gasteiger partial charge in [0.15, 0.2) is 0 Å². The van der Waals surface area contributed by atoms with Crippen molar-refractivity contribution in [2.45, 2.75) is 25.7 Å². The Morgan fingerprint density at radius 3 is 2.69 bits per heavy atom. The van der Waals surface area contributed by atoms with Crippen LogP contribution in [-0.4, -0.2) is 12.5 Å². The van der Waals surface area contributed by atoms with Crippen LogP contribution in [0.3, 0.4) is 0 Å². The van der Waals surface area contributed by atoms with Crippen LogP contribution < -0.4 is 11.1 Å². The van der Waals surface area contributed by atoms with Gasteiger partial charge in [-0.15, -0.1) is 0 Å². The highest BCUT2D eigenvalue weighted by molar-refractivity contribution is 5.98. The monoisotopic (exact) mass is 218 g/mol. The molecular formula is C13H18N2O. The van der Waals surface area contributed by atoms with Crippen LogP contribution in [0.1, 0.15) is 36.0 Å². The van der Waals surface area contributed by atoms with Gasteiger partial charge in [-0.3, -0.25) is 4.79 Å². The topological polar surface area (TPSA) is 55.1 Å². The Balaban J connectivity index is 2.00. The van der Waals surface area contributed by atoms with Crippen molar-refractivity contribution in [3.63, 3.8) is 0 Å². The van der Waals surface area contributed by atoms with E-state index in [0.717, 1.165) is 18.2 Å². The number of primary amides is 1. The van der Waals surface area contributed by atoms with Gasteiger partial charge >= 0.3 is 0 Å². The van der Waals surface area contributed by atoms with Gasteiger partial charge in [-0.05, 0) is 30.9 Å². The predicted molar refractivity (Wildman–Crippen MR) is 65.4 cm³/mol. The lowest BCUT2D eigenvalue weighted by Gasteiger charge is -2.13. The van der Waals surface area contributed by atoms with Crippen molar-refractivity contribution < 1.29 is 4.79 Å². The lowest BCUT2D eigenvalue weighted by molar-refractivity contribution is 0.100. The summed E-state index contributed by atoms with van der Waals surface area (Å²) >= 11 is 0. The summed E-state index contributed by atoms with van der Waals surface area (Å²) < 4.78 is 0. The zero-order valence-corrected chi connectivity index (χ0v) is 9.41. The van der Waals surface area contributed by atoms with Crippen molar-refractivity contribution in [1.82, 2.24) is 0 Å². The highest BCUT2D eigenvalue weighted by Gasteiger charge is 2.15. The van der Waals surface area contributed by atoms with E-state index in [4.69, 9.17) is 5.73 Å². The molecule has 0 heterocycles. The zero-order valence-electron chi connectivity index (χ0n) is 9.41. The summed E-state index contributed by atoms with van der Waals surface area (Å²) in [4.78, 5) is 11.2. The minimum absolute atomic E-state index is 0.366. The Morgan fingerprint density at radius 1 is 1.31 bits per heavy atom. The molecule has 3 N–H and O–H groups in total. The molecule has 0 saturated heterocycles. The van der Waals surface area contributed by atoms with E-state index in [1.54, 1.807) is 6.07 Å². The molecule has 1 aromatic rings. The summed E-state index contributed by atoms with van der Waals surface area (Å²) in [6.07, 6.45) is 5.27. The van der Waals surface area contributed by atoms with Gasteiger partial charge in [-0.25, -0.2) is 0 Å². The molecule has 0 aliphatic heterocycles. The van der Waals surface area contributed by atoms with E-state index in [1.807, 2.05) is 18.2 Å². The number of hydrogen-bond acceptors (Lipinski definition) is 2. The van der Waals surface area contributed by atoms with Crippen molar-refractivity contribution >= 4 is 11.6 Å². The number of nitrogens with two attached hydrogens (primary N) is 1. The first-order chi connectivity index (χ1) is 7.77. The van der Waals surface area contributed by atoms with Crippen molar-refractivity contribution in [2.24, 2.45) is 11.7 Å². The SMILES string of the molecule is NC(=O)c1ccccc1NCC1CCCC1. The third-order valence-corrected chi connectivity index (χ3v) is 3.25. The molecule has 0 aromatic heterocycles. The van der Waals surface area contributed by atoms with E-state index in [0.29, 0.717) is 5.56 Å². The van der Waals surface area contributed by atoms with E-state index in [1.165, 1.54) is 25.7 Å². The molecule has 0 radical (unpaired) electrons. The molecule has 1 aliphatic carbocycles. The maximum Gasteiger partial charge on any atom is 0.250 e. The maximum absolute atomic E-state index is 11.2. The molecule has 0 bridgehead atoms. The fourth-order valence-corrected chi connectivity index (χ4v) is 2.32. The van der Waals surface area contributed by atoms with E-state index in [9.17, 15) is 4.79 Å². The van der Waals surface area contributed by atoms with Crippen molar-refractivity contribution in [3.05, 3.63) is 29.8 Å². The molecule has 0 unspecified atom stereocenters. The molecule has 1 saturated carbocycles. The van der Waals surface area contributed by atoms with Gasteiger partial charge in [-0.1, -0.05) is 25.0 Å². The maximum atomic E-state index is 11.2. The van der Waals surface area contributed by atoms with Crippen LogP contribution in [0.5, 0.6) is 0 Å². The number of anilines is 1. The Hall–Kier alpha value is -1.51. The Labute approximate surface area is 96.0 Å². The van der Waals surface area contributed by atoms with E-state index in [-0.39, 0.29) is 5.91 Å². The minimum Gasteiger partial charge on any atom is -0.384 e. The number of amides is 1. The van der Waals surface area contributed by atoms with Crippen LogP contribution in [0.4, 0.5) is 5.69 Å². The van der Waals surface area contributed by atoms with Gasteiger partial charge < -0.3 is 11.1 Å². The quantitative estimate of drug-likeness (QED) is 0.815. The summed E-state index contributed by atoms with van der Waals surface area (Å²) in [5, 5.41) is 3.34. The molecule has 1 amide bonds. The van der Waals surface area contributed by atoms with Crippen LogP contribution in [0.25, 0.3) is 0 Å². The first kappa shape index (κ1) is 11.0. The number of rotatable bonds is 4. The second-order valence-corrected chi connectivity index (χ2v) is 4.44. The fourth-order valence-electron chi connectivity index (χ4n) is 2.32. The Kier molecular flexibility index (Phi) is 3.44. The summed E-state index contributed by atoms with van der Waals surface area (Å²) in [6, 6.07) is 7.43. The highest BCUT2D eigenvalue weighted by atomic mass is 16.1. The van der Waals surface area contributed by atoms with Crippen LogP contribution in [0, 0.1) is 5.92 Å². The van der Waals surface area contributed by atoms with Gasteiger partial charge in [0, 0.05) is 12.2 Å². The molecule has 2 rings (SSSR count). The van der Waals surface area contributed by atoms with Gasteiger partial charge in [-0.2, -0.15) is 0 Å². The number of para-hydroxylation sites is 1. The normalized spacial score (nSPS) is 16.2. The minimum atomic E-state index is -0.366. The van der Waals surface area contributed by atoms with E-state index in [2.05, 4.69) is 5.32 Å². The average molecular weight is 218 g/mol. The third-order valence-electron chi connectivity index (χ3n) is 3.25. The number of hydrogen-bond donors (Lipinski definition) is 2. The van der Waals surface area contributed by atoms with Gasteiger partial charge in [0.2, 0.25) is 0 Å². The standard InChI is InChI=1S/C13H18N2O/c14-13(16)11-7-3-4-8-12(11)15-9-10-5-1-2-6-10/h3-4,7-8,10,15H,1-2,5-6,9H2,(H2,14,16). The second-order valence-electron chi connectivity index (χ2n) is 4.44. The van der Waals surface area contributed by atoms with Crippen LogP contribution in [0.2, 0.25) is 0 Å². The first-order valence-electron chi connectivity index (χ1n) is 5.90. The summed E-state index contributed by atoms with van der Waals surface area (Å²) in [5.74, 6) is 0.385. The average Bonchev–Trinajstić information content (AvgIpc) is 2.79. The van der Waals surface area contributed by atoms with E-state index >= 15 is 0 Å². The smallest absolute Gasteiger partial charge is 0.250 e. The van der Waals surface area contributed by atoms with Gasteiger partial charge in [0.05, 0.1) is 5.56 Å². The number of carbonyl (C=O) groups excluding carboxylic acids is 1. The predicted octanol–water partition coefficient (Wildman–Crippen LogP) is 2.39. The van der Waals surface area contributed by atoms with Gasteiger partial charge in [0.25, 0.3) is 5.91 Å². The molecule has 0 atom stereocenters. The van der Waals surface area contributed by atoms with Crippen molar-refractivity contribution in [2.75, 3.05) is 11.9 Å². The number of carbonyl (C=O) groups is 1. The summed E-state index contributed by atoms with van der Waals surface area (Å²) in [7, 11) is 0. The largest absolute Gasteiger partial charge is 0.384 e. The number of nitrogens with one attached hydrogen (secondary N) is 1. The lowest BCUT2D eigenvalue weighted by Crippen LogP contribution is -2.17. The lowest BCUT2D eigenvalue weighted by atomic mass is 10.1. The molecular weight excluding hydrogens is 200 g/mol. The molecule has 16 heavy (non-hydrogen) atoms. The van der Waals surface area contributed by atoms with E-state index < -0.39 is 0 Å². The van der Waals surface area contributed by atoms with Crippen molar-refractivity contribution in [3.8, 4) is 0 Å². The third kappa shape index (κ3) is 2.54. The molecule has 1 aliphatic rings. The fraction of sp³-hybridized carbons (Fsp3) is 0.462. The Morgan fingerprint density at radius 2 is 2.00 bits per heavy atom. The van der Waals surface area contributed by atoms with Crippen LogP contribution in [0.15, 0.2) is 24.3 Å². The summed E-state index contributed by atoms with van der Waals surface area (Å²) in [6.45, 7) is 0.949. The molecule has 3 nitrogen and oxygen atoms in total. The molecule has 0 spiro atoms. The van der Waals surface area contributed by atoms with Crippen molar-refractivity contribution in [1.29, 1.82) is 0 Å². The molecule has 1 fully saturated rings. The zero-order chi connectivity index (χ0) is 11.4. The van der Waals surface area contributed by atoms with Gasteiger partial charge in [0.1, 0.15) is 0 Å².